The Morgan fingerprint density at radius 2 is 1.31 bits per heavy atom. The van der Waals surface area contributed by atoms with Gasteiger partial charge in [0.25, 0.3) is 5.69 Å². The Morgan fingerprint density at radius 1 is 0.750 bits per heavy atom. The fourth-order valence-electron chi connectivity index (χ4n) is 5.13. The molecule has 0 amide bonds. The van der Waals surface area contributed by atoms with Crippen molar-refractivity contribution in [3.05, 3.63) is 160 Å². The molecule has 0 aromatic heterocycles. The van der Waals surface area contributed by atoms with Crippen molar-refractivity contribution >= 4 is 22.7 Å². The van der Waals surface area contributed by atoms with E-state index >= 15 is 0 Å². The van der Waals surface area contributed by atoms with Crippen LogP contribution in [-0.2, 0) is 0 Å². The molecule has 0 radical (unpaired) electrons. The zero-order chi connectivity index (χ0) is 24.5. The molecule has 2 aliphatic rings. The van der Waals surface area contributed by atoms with Crippen LogP contribution in [0.2, 0.25) is 0 Å². The van der Waals surface area contributed by atoms with Gasteiger partial charge in [-0.15, -0.1) is 0 Å². The Labute approximate surface area is 209 Å². The van der Waals surface area contributed by atoms with Crippen LogP contribution < -0.4 is 5.01 Å². The van der Waals surface area contributed by atoms with E-state index in [4.69, 9.17) is 5.10 Å². The van der Waals surface area contributed by atoms with Crippen molar-refractivity contribution in [2.24, 2.45) is 11.0 Å². The number of allylic oxidation sites excluding steroid dienone is 1. The molecule has 1 aliphatic carbocycles. The van der Waals surface area contributed by atoms with E-state index in [0.717, 1.165) is 28.1 Å². The van der Waals surface area contributed by atoms with Gasteiger partial charge in [0.15, 0.2) is 0 Å². The lowest BCUT2D eigenvalue weighted by Gasteiger charge is -2.23. The highest BCUT2D eigenvalue weighted by Crippen LogP contribution is 2.44. The van der Waals surface area contributed by atoms with E-state index < -0.39 is 0 Å². The topological polar surface area (TPSA) is 58.7 Å². The molecule has 0 bridgehead atoms. The van der Waals surface area contributed by atoms with E-state index in [1.165, 1.54) is 11.1 Å². The van der Waals surface area contributed by atoms with Crippen LogP contribution in [-0.4, -0.2) is 16.7 Å². The molecule has 1 aliphatic heterocycles. The largest absolute Gasteiger partial charge is 0.269 e. The van der Waals surface area contributed by atoms with Crippen molar-refractivity contribution < 1.29 is 4.92 Å². The maximum atomic E-state index is 11.3. The van der Waals surface area contributed by atoms with Gasteiger partial charge in [-0.05, 0) is 52.1 Å². The third-order valence-electron chi connectivity index (χ3n) is 6.75. The number of hydrazone groups is 1. The minimum atomic E-state index is -0.370. The average Bonchev–Trinajstić information content (AvgIpc) is 3.52. The van der Waals surface area contributed by atoms with Crippen molar-refractivity contribution in [2.75, 3.05) is 5.01 Å². The van der Waals surface area contributed by atoms with Crippen LogP contribution in [0.25, 0.3) is 5.57 Å². The maximum absolute atomic E-state index is 11.3. The minimum Gasteiger partial charge on any atom is -0.258 e. The first-order valence-electron chi connectivity index (χ1n) is 11.9. The highest BCUT2D eigenvalue weighted by atomic mass is 16.6. The third-order valence-corrected chi connectivity index (χ3v) is 6.75. The van der Waals surface area contributed by atoms with Crippen molar-refractivity contribution in [1.29, 1.82) is 0 Å². The lowest BCUT2D eigenvalue weighted by molar-refractivity contribution is -0.384. The summed E-state index contributed by atoms with van der Waals surface area (Å²) in [6.07, 6.45) is 4.45. The van der Waals surface area contributed by atoms with Gasteiger partial charge in [0, 0.05) is 12.1 Å². The Kier molecular flexibility index (Phi) is 5.51. The van der Waals surface area contributed by atoms with E-state index in [1.807, 2.05) is 42.5 Å². The number of para-hydroxylation sites is 1. The molecule has 2 atom stereocenters. The summed E-state index contributed by atoms with van der Waals surface area (Å²) in [6, 6.07) is 37.7. The molecular weight excluding hydrogens is 446 g/mol. The summed E-state index contributed by atoms with van der Waals surface area (Å²) in [4.78, 5) is 10.9. The van der Waals surface area contributed by atoms with E-state index in [2.05, 4.69) is 77.8 Å². The monoisotopic (exact) mass is 469 g/mol. The van der Waals surface area contributed by atoms with E-state index in [-0.39, 0.29) is 22.6 Å². The molecule has 0 spiro atoms. The fraction of sp³-hybridized carbons (Fsp3) is 0.0645. The first-order valence-corrected chi connectivity index (χ1v) is 11.9. The summed E-state index contributed by atoms with van der Waals surface area (Å²) in [7, 11) is 0. The number of rotatable bonds is 5. The van der Waals surface area contributed by atoms with Gasteiger partial charge in [-0.1, -0.05) is 91.0 Å². The van der Waals surface area contributed by atoms with Gasteiger partial charge >= 0.3 is 0 Å². The zero-order valence-electron chi connectivity index (χ0n) is 19.4. The quantitative estimate of drug-likeness (QED) is 0.237. The van der Waals surface area contributed by atoms with E-state index in [9.17, 15) is 10.1 Å². The Bertz CT molecular complexity index is 1450. The van der Waals surface area contributed by atoms with Gasteiger partial charge in [0.1, 0.15) is 0 Å². The SMILES string of the molecule is O=[N+]([O-])c1ccc(C2=NN(c3ccccc3)[C@@H]3C=CC(=C(c4ccccc4)c4ccccc4)[C@H]23)cc1. The summed E-state index contributed by atoms with van der Waals surface area (Å²) in [5.74, 6) is -0.0259. The second-order valence-corrected chi connectivity index (χ2v) is 8.86. The number of hydrogen-bond acceptors (Lipinski definition) is 4. The summed E-state index contributed by atoms with van der Waals surface area (Å²) in [6.45, 7) is 0. The number of benzene rings is 4. The number of anilines is 1. The maximum Gasteiger partial charge on any atom is 0.269 e. The lowest BCUT2D eigenvalue weighted by atomic mass is 9.83. The zero-order valence-corrected chi connectivity index (χ0v) is 19.4. The fourth-order valence-corrected chi connectivity index (χ4v) is 5.13. The second-order valence-electron chi connectivity index (χ2n) is 8.86. The molecule has 0 saturated heterocycles. The van der Waals surface area contributed by atoms with Gasteiger partial charge in [0.2, 0.25) is 0 Å². The normalized spacial score (nSPS) is 18.2. The van der Waals surface area contributed by atoms with Gasteiger partial charge in [-0.25, -0.2) is 0 Å². The van der Waals surface area contributed by atoms with Crippen molar-refractivity contribution in [3.63, 3.8) is 0 Å². The molecule has 6 rings (SSSR count). The van der Waals surface area contributed by atoms with Crippen LogP contribution in [0, 0.1) is 16.0 Å². The molecule has 4 aromatic carbocycles. The molecule has 5 nitrogen and oxygen atoms in total. The molecule has 5 heteroatoms. The van der Waals surface area contributed by atoms with Crippen LogP contribution in [0.15, 0.2) is 138 Å². The number of nitro groups is 1. The highest BCUT2D eigenvalue weighted by Gasteiger charge is 2.43. The lowest BCUT2D eigenvalue weighted by Crippen LogP contribution is -2.29. The van der Waals surface area contributed by atoms with Crippen LogP contribution in [0.5, 0.6) is 0 Å². The number of non-ortho nitro benzene ring substituents is 1. The van der Waals surface area contributed by atoms with Crippen molar-refractivity contribution in [2.45, 2.75) is 6.04 Å². The number of nitrogens with zero attached hydrogens (tertiary/aromatic N) is 3. The standard InChI is InChI=1S/C31H23N3O2/c35-34(36)26-18-16-24(17-19-26)31-30-27(20-21-28(30)33(32-31)25-14-8-3-9-15-25)29(22-10-4-1-5-11-22)23-12-6-2-7-13-23/h1-21,28,30H/t28-,30+/m1/s1. The van der Waals surface area contributed by atoms with E-state index in [1.54, 1.807) is 12.1 Å². The highest BCUT2D eigenvalue weighted by molar-refractivity contribution is 6.09. The van der Waals surface area contributed by atoms with E-state index in [0.29, 0.717) is 0 Å². The molecule has 4 aromatic rings. The number of hydrogen-bond donors (Lipinski definition) is 0. The first kappa shape index (κ1) is 21.7. The first-order chi connectivity index (χ1) is 17.7. The van der Waals surface area contributed by atoms with Gasteiger partial charge in [-0.2, -0.15) is 5.10 Å². The van der Waals surface area contributed by atoms with Crippen molar-refractivity contribution in [1.82, 2.24) is 0 Å². The van der Waals surface area contributed by atoms with Gasteiger partial charge in [0.05, 0.1) is 28.3 Å². The summed E-state index contributed by atoms with van der Waals surface area (Å²) in [5.41, 5.74) is 7.52. The Morgan fingerprint density at radius 3 is 1.86 bits per heavy atom. The molecule has 0 N–H and O–H groups in total. The predicted octanol–water partition coefficient (Wildman–Crippen LogP) is 6.88. The Hall–Kier alpha value is -4.77. The molecule has 174 valence electrons. The average molecular weight is 470 g/mol. The van der Waals surface area contributed by atoms with Crippen LogP contribution in [0.3, 0.4) is 0 Å². The van der Waals surface area contributed by atoms with Crippen LogP contribution in [0.4, 0.5) is 11.4 Å². The van der Waals surface area contributed by atoms with Crippen LogP contribution in [0.1, 0.15) is 16.7 Å². The molecule has 1 heterocycles. The second kappa shape index (κ2) is 9.12. The number of fused-ring (bicyclic) bond motifs is 1. The molecule has 0 unspecified atom stereocenters. The molecule has 36 heavy (non-hydrogen) atoms. The van der Waals surface area contributed by atoms with Gasteiger partial charge in [-0.3, -0.25) is 15.1 Å². The minimum absolute atomic E-state index is 0.00927. The summed E-state index contributed by atoms with van der Waals surface area (Å²) >= 11 is 0. The molecule has 0 fully saturated rings. The molecular formula is C31H23N3O2. The van der Waals surface area contributed by atoms with Gasteiger partial charge < -0.3 is 0 Å². The third kappa shape index (κ3) is 3.81. The van der Waals surface area contributed by atoms with Crippen LogP contribution >= 0.6 is 0 Å². The van der Waals surface area contributed by atoms with Crippen molar-refractivity contribution in [3.8, 4) is 0 Å². The summed E-state index contributed by atoms with van der Waals surface area (Å²) in [5, 5.41) is 18.4. The number of nitro benzene ring substituents is 1. The summed E-state index contributed by atoms with van der Waals surface area (Å²) < 4.78 is 0. The Balaban J connectivity index is 1.55. The molecule has 0 saturated carbocycles. The predicted molar refractivity (Wildman–Crippen MR) is 144 cm³/mol. The smallest absolute Gasteiger partial charge is 0.258 e.